The van der Waals surface area contributed by atoms with Gasteiger partial charge in [0.25, 0.3) is 0 Å². The van der Waals surface area contributed by atoms with Crippen LogP contribution in [0.3, 0.4) is 0 Å². The molecule has 1 aliphatic carbocycles. The molecule has 34 heavy (non-hydrogen) atoms. The van der Waals surface area contributed by atoms with Gasteiger partial charge in [-0.15, -0.1) is 0 Å². The Morgan fingerprint density at radius 2 is 1.74 bits per heavy atom. The van der Waals surface area contributed by atoms with Crippen molar-refractivity contribution in [3.8, 4) is 11.4 Å². The van der Waals surface area contributed by atoms with Crippen LogP contribution < -0.4 is 4.74 Å². The molecule has 3 nitrogen and oxygen atoms in total. The number of hydrogen-bond acceptors (Lipinski definition) is 2. The van der Waals surface area contributed by atoms with E-state index >= 15 is 0 Å². The van der Waals surface area contributed by atoms with Crippen LogP contribution in [0.1, 0.15) is 43.5 Å². The molecule has 0 saturated heterocycles. The average molecular weight is 520 g/mol. The van der Waals surface area contributed by atoms with Gasteiger partial charge < -0.3 is 14.0 Å². The van der Waals surface area contributed by atoms with Crippen molar-refractivity contribution in [2.75, 3.05) is 6.61 Å². The molecule has 1 aromatic heterocycles. The second-order valence-electron chi connectivity index (χ2n) is 10.1. The van der Waals surface area contributed by atoms with Gasteiger partial charge in [-0.1, -0.05) is 66.2 Å². The van der Waals surface area contributed by atoms with Gasteiger partial charge in [0, 0.05) is 32.6 Å². The Labute approximate surface area is 207 Å². The smallest absolute Gasteiger partial charge is 0.129 e. The number of rotatable bonds is 4. The molecule has 1 spiro atoms. The summed E-state index contributed by atoms with van der Waals surface area (Å²) < 4.78 is 29.2. The molecule has 0 atom stereocenters. The molecule has 1 aliphatic heterocycles. The number of ether oxygens (including phenoxy) is 2. The Morgan fingerprint density at radius 1 is 1.00 bits per heavy atom. The number of alkyl halides is 1. The van der Waals surface area contributed by atoms with Crippen molar-refractivity contribution in [2.45, 2.75) is 49.1 Å². The van der Waals surface area contributed by atoms with Crippen molar-refractivity contribution >= 4 is 26.8 Å². The van der Waals surface area contributed by atoms with Crippen LogP contribution in [-0.2, 0) is 22.4 Å². The summed E-state index contributed by atoms with van der Waals surface area (Å²) in [6.45, 7) is 5.59. The number of nitrogens with zero attached hydrogens (tertiary/aromatic N) is 1. The average Bonchev–Trinajstić information content (AvgIpc) is 3.18. The van der Waals surface area contributed by atoms with Crippen molar-refractivity contribution in [1.82, 2.24) is 4.57 Å². The van der Waals surface area contributed by atoms with Crippen LogP contribution in [0.4, 0.5) is 4.39 Å². The molecule has 5 heteroatoms. The van der Waals surface area contributed by atoms with Crippen LogP contribution in [0, 0.1) is 5.82 Å². The highest BCUT2D eigenvalue weighted by atomic mass is 79.9. The maximum atomic E-state index is 13.8. The van der Waals surface area contributed by atoms with Crippen LogP contribution in [0.25, 0.3) is 16.6 Å². The summed E-state index contributed by atoms with van der Waals surface area (Å²) in [7, 11) is 0. The predicted octanol–water partition coefficient (Wildman–Crippen LogP) is 7.41. The van der Waals surface area contributed by atoms with E-state index in [-0.39, 0.29) is 16.8 Å². The van der Waals surface area contributed by atoms with Gasteiger partial charge in [0.05, 0.1) is 17.7 Å². The molecule has 1 saturated carbocycles. The molecule has 2 heterocycles. The third-order valence-corrected chi connectivity index (χ3v) is 7.83. The summed E-state index contributed by atoms with van der Waals surface area (Å²) >= 11 is 3.79. The SMILES string of the molecule is CC1(C)COC2(CC(Br)C2)c2c1n(-c1ccc(F)cc1)c1cccc(OCc3ccccc3)c21. The van der Waals surface area contributed by atoms with Gasteiger partial charge in [-0.3, -0.25) is 0 Å². The summed E-state index contributed by atoms with van der Waals surface area (Å²) in [6.07, 6.45) is 1.84. The number of aromatic nitrogens is 1. The second kappa shape index (κ2) is 7.96. The van der Waals surface area contributed by atoms with E-state index in [1.165, 1.54) is 23.4 Å². The molecule has 2 aliphatic rings. The maximum Gasteiger partial charge on any atom is 0.129 e. The minimum absolute atomic E-state index is 0.220. The predicted molar refractivity (Wildman–Crippen MR) is 137 cm³/mol. The van der Waals surface area contributed by atoms with E-state index in [2.05, 4.69) is 58.6 Å². The fraction of sp³-hybridized carbons (Fsp3) is 0.310. The van der Waals surface area contributed by atoms with Crippen LogP contribution in [0.5, 0.6) is 5.75 Å². The van der Waals surface area contributed by atoms with E-state index in [4.69, 9.17) is 9.47 Å². The molecular weight excluding hydrogens is 493 g/mol. The molecule has 1 fully saturated rings. The first-order chi connectivity index (χ1) is 16.4. The normalized spacial score (nSPS) is 23.0. The zero-order valence-corrected chi connectivity index (χ0v) is 20.9. The van der Waals surface area contributed by atoms with Gasteiger partial charge in [-0.25, -0.2) is 4.39 Å². The summed E-state index contributed by atoms with van der Waals surface area (Å²) in [5, 5.41) is 1.10. The van der Waals surface area contributed by atoms with Crippen molar-refractivity contribution in [1.29, 1.82) is 0 Å². The minimum atomic E-state index is -0.339. The Kier molecular flexibility index (Phi) is 5.12. The fourth-order valence-corrected chi connectivity index (χ4v) is 6.59. The zero-order chi connectivity index (χ0) is 23.5. The molecule has 0 N–H and O–H groups in total. The van der Waals surface area contributed by atoms with Gasteiger partial charge in [-0.05, 0) is 54.8 Å². The molecule has 0 unspecified atom stereocenters. The van der Waals surface area contributed by atoms with Gasteiger partial charge in [0.1, 0.15) is 18.2 Å². The maximum absolute atomic E-state index is 13.8. The van der Waals surface area contributed by atoms with Crippen LogP contribution in [0.2, 0.25) is 0 Å². The Hall–Kier alpha value is -2.63. The van der Waals surface area contributed by atoms with E-state index in [0.717, 1.165) is 40.7 Å². The largest absolute Gasteiger partial charge is 0.488 e. The highest BCUT2D eigenvalue weighted by Crippen LogP contribution is 2.58. The Balaban J connectivity index is 1.61. The van der Waals surface area contributed by atoms with E-state index in [0.29, 0.717) is 18.0 Å². The van der Waals surface area contributed by atoms with E-state index in [9.17, 15) is 4.39 Å². The lowest BCUT2D eigenvalue weighted by atomic mass is 9.68. The van der Waals surface area contributed by atoms with Crippen LogP contribution in [0.15, 0.2) is 72.8 Å². The molecule has 0 bridgehead atoms. The van der Waals surface area contributed by atoms with Gasteiger partial charge in [0.2, 0.25) is 0 Å². The van der Waals surface area contributed by atoms with Gasteiger partial charge >= 0.3 is 0 Å². The van der Waals surface area contributed by atoms with Crippen molar-refractivity contribution in [3.63, 3.8) is 0 Å². The van der Waals surface area contributed by atoms with E-state index in [1.54, 1.807) is 0 Å². The number of hydrogen-bond donors (Lipinski definition) is 0. The summed E-state index contributed by atoms with van der Waals surface area (Å²) in [5.74, 6) is 0.623. The Bertz CT molecular complexity index is 1350. The third-order valence-electron chi connectivity index (χ3n) is 7.19. The Morgan fingerprint density at radius 3 is 2.44 bits per heavy atom. The fourth-order valence-electron chi connectivity index (χ4n) is 5.54. The minimum Gasteiger partial charge on any atom is -0.488 e. The zero-order valence-electron chi connectivity index (χ0n) is 19.4. The van der Waals surface area contributed by atoms with Crippen LogP contribution >= 0.6 is 15.9 Å². The van der Waals surface area contributed by atoms with Crippen molar-refractivity contribution in [2.24, 2.45) is 0 Å². The summed E-state index contributed by atoms with van der Waals surface area (Å²) in [6, 6.07) is 23.3. The van der Waals surface area contributed by atoms with E-state index < -0.39 is 0 Å². The molecular formula is C29H27BrFNO2. The lowest BCUT2D eigenvalue weighted by Gasteiger charge is -2.51. The third kappa shape index (κ3) is 3.40. The van der Waals surface area contributed by atoms with Gasteiger partial charge in [-0.2, -0.15) is 0 Å². The standard InChI is InChI=1S/C29H27BrFNO2/c1-28(2)18-34-29(15-20(30)16-29)26-25-23(32(27(26)28)22-13-11-21(31)12-14-22)9-6-10-24(25)33-17-19-7-4-3-5-8-19/h3-14,20H,15-18H2,1-2H3. The molecule has 3 aromatic carbocycles. The molecule has 0 radical (unpaired) electrons. The number of benzene rings is 3. The molecule has 174 valence electrons. The summed E-state index contributed by atoms with van der Waals surface area (Å²) in [4.78, 5) is 0.434. The van der Waals surface area contributed by atoms with Crippen molar-refractivity contribution < 1.29 is 13.9 Å². The lowest BCUT2D eigenvalue weighted by Crippen LogP contribution is -2.51. The van der Waals surface area contributed by atoms with Gasteiger partial charge in [0.15, 0.2) is 0 Å². The van der Waals surface area contributed by atoms with Crippen molar-refractivity contribution in [3.05, 3.63) is 95.4 Å². The first-order valence-electron chi connectivity index (χ1n) is 11.8. The monoisotopic (exact) mass is 519 g/mol. The highest BCUT2D eigenvalue weighted by molar-refractivity contribution is 9.09. The molecule has 4 aromatic rings. The quantitative estimate of drug-likeness (QED) is 0.262. The summed E-state index contributed by atoms with van der Waals surface area (Å²) in [5.41, 5.74) is 5.04. The first-order valence-corrected chi connectivity index (χ1v) is 12.7. The highest BCUT2D eigenvalue weighted by Gasteiger charge is 2.54. The first kappa shape index (κ1) is 21.9. The number of fused-ring (bicyclic) bond motifs is 4. The molecule has 0 amide bonds. The molecule has 6 rings (SSSR count). The van der Waals surface area contributed by atoms with E-state index in [1.807, 2.05) is 36.4 Å². The number of halogens is 2. The topological polar surface area (TPSA) is 23.4 Å². The lowest BCUT2D eigenvalue weighted by molar-refractivity contribution is -0.128. The van der Waals surface area contributed by atoms with Crippen LogP contribution in [-0.4, -0.2) is 16.0 Å². The second-order valence-corrected chi connectivity index (χ2v) is 11.4.